The lowest BCUT2D eigenvalue weighted by Crippen LogP contribution is -2.39. The lowest BCUT2D eigenvalue weighted by Gasteiger charge is -2.21. The van der Waals surface area contributed by atoms with Crippen LogP contribution in [0.25, 0.3) is 0 Å². The van der Waals surface area contributed by atoms with Crippen LogP contribution in [0.1, 0.15) is 18.4 Å². The van der Waals surface area contributed by atoms with Crippen molar-refractivity contribution in [2.75, 3.05) is 33.3 Å². The van der Waals surface area contributed by atoms with Crippen LogP contribution in [0.2, 0.25) is 0 Å². The van der Waals surface area contributed by atoms with Crippen LogP contribution in [0.15, 0.2) is 24.3 Å². The molecule has 1 aromatic carbocycles. The molecule has 20 heavy (non-hydrogen) atoms. The minimum absolute atomic E-state index is 0.330. The first-order valence-electron chi connectivity index (χ1n) is 7.43. The zero-order valence-electron chi connectivity index (χ0n) is 12.5. The summed E-state index contributed by atoms with van der Waals surface area (Å²) in [6.45, 7) is 5.07. The highest BCUT2D eigenvalue weighted by Gasteiger charge is 2.20. The van der Waals surface area contributed by atoms with Crippen molar-refractivity contribution in [1.82, 2.24) is 10.2 Å². The van der Waals surface area contributed by atoms with E-state index >= 15 is 0 Å². The van der Waals surface area contributed by atoms with Crippen molar-refractivity contribution in [1.29, 1.82) is 0 Å². The molecule has 0 spiro atoms. The van der Waals surface area contributed by atoms with Crippen molar-refractivity contribution in [3.05, 3.63) is 29.8 Å². The second-order valence-electron chi connectivity index (χ2n) is 5.72. The molecule has 4 heteroatoms. The average Bonchev–Trinajstić information content (AvgIpc) is 2.82. The van der Waals surface area contributed by atoms with Crippen molar-refractivity contribution < 1.29 is 9.84 Å². The summed E-state index contributed by atoms with van der Waals surface area (Å²) in [5.41, 5.74) is 1.17. The number of aryl methyl sites for hydroxylation is 1. The molecule has 1 aliphatic heterocycles. The van der Waals surface area contributed by atoms with Crippen molar-refractivity contribution in [3.63, 3.8) is 0 Å². The summed E-state index contributed by atoms with van der Waals surface area (Å²) in [5.74, 6) is 0.819. The number of nitrogens with one attached hydrogen (secondary N) is 1. The Bertz CT molecular complexity index is 411. The van der Waals surface area contributed by atoms with Gasteiger partial charge in [0.05, 0.1) is 0 Å². The molecule has 2 atom stereocenters. The number of hydrogen-bond acceptors (Lipinski definition) is 4. The Morgan fingerprint density at radius 1 is 1.50 bits per heavy atom. The quantitative estimate of drug-likeness (QED) is 0.792. The molecule has 1 heterocycles. The van der Waals surface area contributed by atoms with Gasteiger partial charge in [-0.05, 0) is 51.1 Å². The maximum atomic E-state index is 9.92. The van der Waals surface area contributed by atoms with Crippen molar-refractivity contribution in [2.45, 2.75) is 31.9 Å². The van der Waals surface area contributed by atoms with Crippen LogP contribution >= 0.6 is 0 Å². The zero-order valence-corrected chi connectivity index (χ0v) is 12.5. The second kappa shape index (κ2) is 7.62. The normalized spacial score (nSPS) is 21.1. The van der Waals surface area contributed by atoms with Gasteiger partial charge in [0.15, 0.2) is 0 Å². The molecule has 2 N–H and O–H groups in total. The van der Waals surface area contributed by atoms with Gasteiger partial charge in [0.1, 0.15) is 18.5 Å². The molecule has 1 aliphatic rings. The van der Waals surface area contributed by atoms with Gasteiger partial charge in [-0.3, -0.25) is 0 Å². The molecule has 1 aromatic rings. The maximum Gasteiger partial charge on any atom is 0.119 e. The number of likely N-dealkylation sites (tertiary alicyclic amines) is 1. The third kappa shape index (κ3) is 4.78. The minimum atomic E-state index is -0.470. The third-order valence-electron chi connectivity index (χ3n) is 3.86. The molecular formula is C16H26N2O2. The molecule has 0 bridgehead atoms. The van der Waals surface area contributed by atoms with Gasteiger partial charge in [-0.2, -0.15) is 0 Å². The van der Waals surface area contributed by atoms with Gasteiger partial charge in [0.2, 0.25) is 0 Å². The van der Waals surface area contributed by atoms with E-state index in [1.165, 1.54) is 24.9 Å². The van der Waals surface area contributed by atoms with Gasteiger partial charge >= 0.3 is 0 Å². The number of aliphatic hydroxyl groups excluding tert-OH is 1. The van der Waals surface area contributed by atoms with E-state index in [4.69, 9.17) is 4.74 Å². The summed E-state index contributed by atoms with van der Waals surface area (Å²) in [6.07, 6.45) is 2.06. The van der Waals surface area contributed by atoms with Crippen LogP contribution in [0, 0.1) is 6.92 Å². The number of nitrogens with zero attached hydrogens (tertiary/aromatic N) is 1. The fraction of sp³-hybridized carbons (Fsp3) is 0.625. The highest BCUT2D eigenvalue weighted by Crippen LogP contribution is 2.14. The first kappa shape index (κ1) is 15.3. The van der Waals surface area contributed by atoms with Crippen LogP contribution in [0.3, 0.4) is 0 Å². The first-order valence-corrected chi connectivity index (χ1v) is 7.43. The van der Waals surface area contributed by atoms with Gasteiger partial charge in [-0.15, -0.1) is 0 Å². The zero-order chi connectivity index (χ0) is 14.4. The number of aliphatic hydroxyl groups is 1. The van der Waals surface area contributed by atoms with Crippen molar-refractivity contribution in [2.24, 2.45) is 0 Å². The molecule has 1 fully saturated rings. The highest BCUT2D eigenvalue weighted by atomic mass is 16.5. The molecule has 4 nitrogen and oxygen atoms in total. The molecular weight excluding hydrogens is 252 g/mol. The highest BCUT2D eigenvalue weighted by molar-refractivity contribution is 5.27. The average molecular weight is 278 g/mol. The summed E-state index contributed by atoms with van der Waals surface area (Å²) in [4.78, 5) is 2.38. The molecule has 1 saturated heterocycles. The van der Waals surface area contributed by atoms with E-state index in [1.807, 2.05) is 31.2 Å². The Balaban J connectivity index is 1.61. The van der Waals surface area contributed by atoms with E-state index in [2.05, 4.69) is 17.3 Å². The SMILES string of the molecule is Cc1cccc(OCC(O)CNCC2CCCN2C)c1. The van der Waals surface area contributed by atoms with E-state index in [1.54, 1.807) is 0 Å². The second-order valence-corrected chi connectivity index (χ2v) is 5.72. The molecule has 0 saturated carbocycles. The number of rotatable bonds is 7. The van der Waals surface area contributed by atoms with Crippen LogP contribution in [0.5, 0.6) is 5.75 Å². The summed E-state index contributed by atoms with van der Waals surface area (Å²) in [5, 5.41) is 13.3. The maximum absolute atomic E-state index is 9.92. The molecule has 2 rings (SSSR count). The molecule has 2 unspecified atom stereocenters. The standard InChI is InChI=1S/C16H26N2O2/c1-13-5-3-7-16(9-13)20-12-15(19)11-17-10-14-6-4-8-18(14)2/h3,5,7,9,14-15,17,19H,4,6,8,10-12H2,1-2H3. The van der Waals surface area contributed by atoms with Gasteiger partial charge in [-0.25, -0.2) is 0 Å². The van der Waals surface area contributed by atoms with E-state index in [-0.39, 0.29) is 0 Å². The van der Waals surface area contributed by atoms with Crippen LogP contribution in [-0.2, 0) is 0 Å². The largest absolute Gasteiger partial charge is 0.491 e. The van der Waals surface area contributed by atoms with E-state index < -0.39 is 6.10 Å². The Kier molecular flexibility index (Phi) is 5.83. The number of ether oxygens (including phenoxy) is 1. The molecule has 0 aromatic heterocycles. The van der Waals surface area contributed by atoms with Gasteiger partial charge < -0.3 is 20.1 Å². The predicted molar refractivity (Wildman–Crippen MR) is 81.2 cm³/mol. The number of likely N-dealkylation sites (N-methyl/N-ethyl adjacent to an activating group) is 1. The Morgan fingerprint density at radius 2 is 2.35 bits per heavy atom. The summed E-state index contributed by atoms with van der Waals surface area (Å²) in [6, 6.07) is 8.50. The summed E-state index contributed by atoms with van der Waals surface area (Å²) >= 11 is 0. The fourth-order valence-electron chi connectivity index (χ4n) is 2.61. The molecule has 0 radical (unpaired) electrons. The summed E-state index contributed by atoms with van der Waals surface area (Å²) in [7, 11) is 2.16. The van der Waals surface area contributed by atoms with Crippen LogP contribution in [-0.4, -0.2) is 55.4 Å². The van der Waals surface area contributed by atoms with Crippen molar-refractivity contribution >= 4 is 0 Å². The lowest BCUT2D eigenvalue weighted by molar-refractivity contribution is 0.105. The monoisotopic (exact) mass is 278 g/mol. The molecule has 0 aliphatic carbocycles. The number of benzene rings is 1. The Labute approximate surface area is 121 Å². The Hall–Kier alpha value is -1.10. The molecule has 112 valence electrons. The van der Waals surface area contributed by atoms with Crippen molar-refractivity contribution in [3.8, 4) is 5.75 Å². The van der Waals surface area contributed by atoms with E-state index in [0.717, 1.165) is 12.3 Å². The first-order chi connectivity index (χ1) is 9.65. The Morgan fingerprint density at radius 3 is 3.05 bits per heavy atom. The van der Waals surface area contributed by atoms with Crippen LogP contribution in [0.4, 0.5) is 0 Å². The van der Waals surface area contributed by atoms with Gasteiger partial charge in [0, 0.05) is 19.1 Å². The topological polar surface area (TPSA) is 44.7 Å². The fourth-order valence-corrected chi connectivity index (χ4v) is 2.61. The van der Waals surface area contributed by atoms with E-state index in [0.29, 0.717) is 19.2 Å². The smallest absolute Gasteiger partial charge is 0.119 e. The number of hydrogen-bond donors (Lipinski definition) is 2. The predicted octanol–water partition coefficient (Wildman–Crippen LogP) is 1.42. The van der Waals surface area contributed by atoms with E-state index in [9.17, 15) is 5.11 Å². The van der Waals surface area contributed by atoms with Gasteiger partial charge in [0.25, 0.3) is 0 Å². The van der Waals surface area contributed by atoms with Crippen LogP contribution < -0.4 is 10.1 Å². The minimum Gasteiger partial charge on any atom is -0.491 e. The van der Waals surface area contributed by atoms with Gasteiger partial charge in [-0.1, -0.05) is 12.1 Å². The molecule has 0 amide bonds. The third-order valence-corrected chi connectivity index (χ3v) is 3.86. The summed E-state index contributed by atoms with van der Waals surface area (Å²) < 4.78 is 5.59. The lowest BCUT2D eigenvalue weighted by atomic mass is 10.2.